The maximum atomic E-state index is 11.8. The van der Waals surface area contributed by atoms with Crippen LogP contribution in [0.1, 0.15) is 5.56 Å². The van der Waals surface area contributed by atoms with E-state index >= 15 is 0 Å². The van der Waals surface area contributed by atoms with Crippen LogP contribution >= 0.6 is 12.2 Å². The van der Waals surface area contributed by atoms with Crippen LogP contribution in [0.4, 0.5) is 0 Å². The van der Waals surface area contributed by atoms with Gasteiger partial charge in [0.15, 0.2) is 0 Å². The number of rotatable bonds is 6. The van der Waals surface area contributed by atoms with E-state index in [1.807, 2.05) is 12.1 Å². The molecular weight excluding hydrogens is 272 g/mol. The summed E-state index contributed by atoms with van der Waals surface area (Å²) in [5.74, 6) is 0.371. The van der Waals surface area contributed by atoms with Crippen LogP contribution in [0.5, 0.6) is 5.75 Å². The SMILES string of the molecule is COc1cccc(CN(C)S(=O)(=O)CC(N)=S)c1. The van der Waals surface area contributed by atoms with Gasteiger partial charge in [-0.1, -0.05) is 24.4 Å². The fraction of sp³-hybridized carbons (Fsp3) is 0.364. The zero-order valence-electron chi connectivity index (χ0n) is 10.3. The van der Waals surface area contributed by atoms with Gasteiger partial charge in [-0.15, -0.1) is 0 Å². The maximum absolute atomic E-state index is 11.8. The fourth-order valence-electron chi connectivity index (χ4n) is 1.42. The molecule has 100 valence electrons. The number of thiocarbonyl (C=S) groups is 1. The van der Waals surface area contributed by atoms with Gasteiger partial charge >= 0.3 is 0 Å². The third-order valence-corrected chi connectivity index (χ3v) is 4.42. The Morgan fingerprint density at radius 1 is 1.50 bits per heavy atom. The Kier molecular flexibility index (Phi) is 5.06. The van der Waals surface area contributed by atoms with Crippen LogP contribution < -0.4 is 10.5 Å². The summed E-state index contributed by atoms with van der Waals surface area (Å²) in [5, 5.41) is 0. The van der Waals surface area contributed by atoms with Crippen molar-refractivity contribution in [2.45, 2.75) is 6.54 Å². The van der Waals surface area contributed by atoms with Gasteiger partial charge in [0, 0.05) is 13.6 Å². The molecule has 0 aliphatic carbocycles. The molecule has 5 nitrogen and oxygen atoms in total. The van der Waals surface area contributed by atoms with Crippen LogP contribution in [0.25, 0.3) is 0 Å². The number of ether oxygens (including phenoxy) is 1. The lowest BCUT2D eigenvalue weighted by molar-refractivity contribution is 0.412. The third-order valence-electron chi connectivity index (χ3n) is 2.34. The summed E-state index contributed by atoms with van der Waals surface area (Å²) in [6, 6.07) is 7.22. The van der Waals surface area contributed by atoms with E-state index in [2.05, 4.69) is 12.2 Å². The van der Waals surface area contributed by atoms with Gasteiger partial charge in [0.25, 0.3) is 0 Å². The second-order valence-corrected chi connectivity index (χ2v) is 6.43. The first-order valence-electron chi connectivity index (χ1n) is 5.20. The Hall–Kier alpha value is -1.18. The van der Waals surface area contributed by atoms with E-state index in [1.165, 1.54) is 11.4 Å². The highest BCUT2D eigenvalue weighted by atomic mass is 32.2. The van der Waals surface area contributed by atoms with Crippen molar-refractivity contribution in [1.82, 2.24) is 4.31 Å². The van der Waals surface area contributed by atoms with E-state index in [0.717, 1.165) is 5.56 Å². The molecule has 0 aromatic heterocycles. The van der Waals surface area contributed by atoms with E-state index in [4.69, 9.17) is 10.5 Å². The number of hydrogen-bond acceptors (Lipinski definition) is 4. The third kappa shape index (κ3) is 4.25. The topological polar surface area (TPSA) is 72.6 Å². The molecule has 0 heterocycles. The highest BCUT2D eigenvalue weighted by Crippen LogP contribution is 2.15. The monoisotopic (exact) mass is 288 g/mol. The number of nitrogens with zero attached hydrogens (tertiary/aromatic N) is 1. The van der Waals surface area contributed by atoms with Crippen LogP contribution in [0.3, 0.4) is 0 Å². The lowest BCUT2D eigenvalue weighted by atomic mass is 10.2. The second kappa shape index (κ2) is 6.12. The summed E-state index contributed by atoms with van der Waals surface area (Å²) in [7, 11) is -0.396. The molecule has 1 aromatic carbocycles. The molecule has 0 saturated carbocycles. The van der Waals surface area contributed by atoms with Crippen LogP contribution in [0, 0.1) is 0 Å². The maximum Gasteiger partial charge on any atom is 0.220 e. The van der Waals surface area contributed by atoms with E-state index in [-0.39, 0.29) is 17.3 Å². The zero-order chi connectivity index (χ0) is 13.8. The summed E-state index contributed by atoms with van der Waals surface area (Å²) in [6.07, 6.45) is 0. The largest absolute Gasteiger partial charge is 0.497 e. The molecule has 0 saturated heterocycles. The van der Waals surface area contributed by atoms with Gasteiger partial charge in [0.05, 0.1) is 12.1 Å². The van der Waals surface area contributed by atoms with Crippen molar-refractivity contribution in [2.24, 2.45) is 5.73 Å². The van der Waals surface area contributed by atoms with E-state index < -0.39 is 10.0 Å². The summed E-state index contributed by atoms with van der Waals surface area (Å²) in [6.45, 7) is 0.252. The number of nitrogens with two attached hydrogens (primary N) is 1. The Labute approximate surface area is 113 Å². The summed E-state index contributed by atoms with van der Waals surface area (Å²) in [4.78, 5) is -0.0347. The molecule has 1 aromatic rings. The Bertz CT molecular complexity index is 529. The molecule has 7 heteroatoms. The van der Waals surface area contributed by atoms with Crippen LogP contribution in [-0.2, 0) is 16.6 Å². The van der Waals surface area contributed by atoms with Gasteiger partial charge < -0.3 is 10.5 Å². The van der Waals surface area contributed by atoms with Crippen molar-refractivity contribution in [3.05, 3.63) is 29.8 Å². The van der Waals surface area contributed by atoms with Crippen molar-refractivity contribution in [2.75, 3.05) is 19.9 Å². The van der Waals surface area contributed by atoms with Crippen molar-refractivity contribution in [3.63, 3.8) is 0 Å². The lowest BCUT2D eigenvalue weighted by Gasteiger charge is -2.17. The molecule has 18 heavy (non-hydrogen) atoms. The van der Waals surface area contributed by atoms with Gasteiger partial charge in [-0.05, 0) is 17.7 Å². The summed E-state index contributed by atoms with van der Waals surface area (Å²) < 4.78 is 30.0. The zero-order valence-corrected chi connectivity index (χ0v) is 11.9. The van der Waals surface area contributed by atoms with E-state index in [9.17, 15) is 8.42 Å². The molecule has 0 unspecified atom stereocenters. The van der Waals surface area contributed by atoms with Crippen molar-refractivity contribution in [1.29, 1.82) is 0 Å². The molecule has 0 aliphatic rings. The lowest BCUT2D eigenvalue weighted by Crippen LogP contribution is -2.33. The smallest absolute Gasteiger partial charge is 0.220 e. The molecule has 0 aliphatic heterocycles. The predicted molar refractivity (Wildman–Crippen MR) is 75.0 cm³/mol. The fourth-order valence-corrected chi connectivity index (χ4v) is 2.79. The van der Waals surface area contributed by atoms with Gasteiger partial charge in [0.2, 0.25) is 10.0 Å². The Morgan fingerprint density at radius 3 is 2.72 bits per heavy atom. The van der Waals surface area contributed by atoms with Crippen molar-refractivity contribution >= 4 is 27.2 Å². The second-order valence-electron chi connectivity index (χ2n) is 3.83. The first-order chi connectivity index (χ1) is 8.35. The number of benzene rings is 1. The number of sulfonamides is 1. The quantitative estimate of drug-likeness (QED) is 0.782. The molecule has 1 rings (SSSR count). The predicted octanol–water partition coefficient (Wildman–Crippen LogP) is 0.743. The molecular formula is C11H16N2O3S2. The number of methoxy groups -OCH3 is 1. The first kappa shape index (κ1) is 14.9. The normalized spacial score (nSPS) is 11.5. The molecule has 2 N–H and O–H groups in total. The van der Waals surface area contributed by atoms with Gasteiger partial charge in [-0.2, -0.15) is 0 Å². The minimum Gasteiger partial charge on any atom is -0.497 e. The highest BCUT2D eigenvalue weighted by molar-refractivity contribution is 7.92. The average molecular weight is 288 g/mol. The molecule has 0 bridgehead atoms. The molecule has 0 spiro atoms. The van der Waals surface area contributed by atoms with Gasteiger partial charge in [-0.3, -0.25) is 0 Å². The summed E-state index contributed by atoms with van der Waals surface area (Å²) in [5.41, 5.74) is 6.10. The average Bonchev–Trinajstić information content (AvgIpc) is 2.27. The Morgan fingerprint density at radius 2 is 2.17 bits per heavy atom. The number of hydrogen-bond donors (Lipinski definition) is 1. The Balaban J connectivity index is 2.80. The standard InChI is InChI=1S/C11H16N2O3S2/c1-13(18(14,15)8-11(12)17)7-9-4-3-5-10(6-9)16-2/h3-6H,7-8H2,1-2H3,(H2,12,17). The van der Waals surface area contributed by atoms with E-state index in [0.29, 0.717) is 5.75 Å². The highest BCUT2D eigenvalue weighted by Gasteiger charge is 2.19. The van der Waals surface area contributed by atoms with Crippen molar-refractivity contribution < 1.29 is 13.2 Å². The summed E-state index contributed by atoms with van der Waals surface area (Å²) >= 11 is 4.62. The van der Waals surface area contributed by atoms with E-state index in [1.54, 1.807) is 19.2 Å². The molecule has 0 radical (unpaired) electrons. The molecule has 0 amide bonds. The minimum atomic E-state index is -3.45. The van der Waals surface area contributed by atoms with Gasteiger partial charge in [0.1, 0.15) is 11.5 Å². The van der Waals surface area contributed by atoms with Crippen LogP contribution in [-0.4, -0.2) is 37.6 Å². The molecule has 0 fully saturated rings. The van der Waals surface area contributed by atoms with Gasteiger partial charge in [-0.25, -0.2) is 12.7 Å². The molecule has 0 atom stereocenters. The van der Waals surface area contributed by atoms with Crippen molar-refractivity contribution in [3.8, 4) is 5.75 Å². The minimum absolute atomic E-state index is 0.0347. The van der Waals surface area contributed by atoms with Crippen LogP contribution in [0.2, 0.25) is 0 Å². The van der Waals surface area contributed by atoms with Crippen LogP contribution in [0.15, 0.2) is 24.3 Å². The first-order valence-corrected chi connectivity index (χ1v) is 7.22.